The molecule has 0 atom stereocenters. The van der Waals surface area contributed by atoms with Crippen LogP contribution in [0.15, 0.2) is 34.8 Å². The number of rotatable bonds is 6. The van der Waals surface area contributed by atoms with E-state index in [9.17, 15) is 24.5 Å². The van der Waals surface area contributed by atoms with Gasteiger partial charge in [0.1, 0.15) is 6.54 Å². The summed E-state index contributed by atoms with van der Waals surface area (Å²) in [7, 11) is 0. The summed E-state index contributed by atoms with van der Waals surface area (Å²) in [6.45, 7) is -0.140. The fourth-order valence-corrected chi connectivity index (χ4v) is 2.33. The zero-order chi connectivity index (χ0) is 19.4. The number of carbonyl (C=O) groups is 3. The van der Waals surface area contributed by atoms with Gasteiger partial charge in [0.2, 0.25) is 17.7 Å². The van der Waals surface area contributed by atoms with E-state index in [1.807, 2.05) is 0 Å². The largest absolute Gasteiger partial charge is 0.406 e. The van der Waals surface area contributed by atoms with Gasteiger partial charge in [-0.05, 0) is 23.8 Å². The van der Waals surface area contributed by atoms with Crippen LogP contribution in [0.1, 0.15) is 24.3 Å². The summed E-state index contributed by atoms with van der Waals surface area (Å²) in [5, 5.41) is 20.2. The van der Waals surface area contributed by atoms with Crippen molar-refractivity contribution in [3.05, 3.63) is 51.9 Å². The lowest BCUT2D eigenvalue weighted by Gasteiger charge is -2.09. The zero-order valence-electron chi connectivity index (χ0n) is 13.8. The number of carbonyl (C=O) groups excluding carboxylic acids is 3. The Balaban J connectivity index is 1.56. The molecule has 3 rings (SSSR count). The van der Waals surface area contributed by atoms with Gasteiger partial charge in [-0.2, -0.15) is 0 Å². The maximum absolute atomic E-state index is 11.9. The molecule has 0 saturated carbocycles. The second-order valence-corrected chi connectivity index (χ2v) is 5.55. The van der Waals surface area contributed by atoms with Crippen molar-refractivity contribution in [1.82, 2.24) is 15.1 Å². The van der Waals surface area contributed by atoms with E-state index in [0.29, 0.717) is 5.56 Å². The highest BCUT2D eigenvalue weighted by Gasteiger charge is 2.30. The Bertz CT molecular complexity index is 917. The van der Waals surface area contributed by atoms with Crippen LogP contribution in [0.25, 0.3) is 6.08 Å². The van der Waals surface area contributed by atoms with Crippen LogP contribution >= 0.6 is 0 Å². The second kappa shape index (κ2) is 7.56. The lowest BCUT2D eigenvalue weighted by Crippen LogP contribution is -2.28. The summed E-state index contributed by atoms with van der Waals surface area (Å²) >= 11 is 0. The summed E-state index contributed by atoms with van der Waals surface area (Å²) in [4.78, 5) is 46.1. The van der Waals surface area contributed by atoms with Gasteiger partial charge in [0.25, 0.3) is 11.6 Å². The molecule has 11 nitrogen and oxygen atoms in total. The van der Waals surface area contributed by atoms with Crippen molar-refractivity contribution in [2.45, 2.75) is 19.4 Å². The van der Waals surface area contributed by atoms with Gasteiger partial charge in [-0.1, -0.05) is 5.10 Å². The number of nitrogens with one attached hydrogen (secondary N) is 1. The van der Waals surface area contributed by atoms with Crippen molar-refractivity contribution >= 4 is 35.5 Å². The van der Waals surface area contributed by atoms with Crippen LogP contribution < -0.4 is 5.32 Å². The van der Waals surface area contributed by atoms with E-state index in [1.54, 1.807) is 0 Å². The number of likely N-dealkylation sites (tertiary alicyclic amines) is 1. The van der Waals surface area contributed by atoms with E-state index < -0.39 is 10.8 Å². The molecule has 138 valence electrons. The van der Waals surface area contributed by atoms with Gasteiger partial charge in [-0.3, -0.25) is 34.7 Å². The molecule has 1 aromatic heterocycles. The molecule has 0 spiro atoms. The van der Waals surface area contributed by atoms with Gasteiger partial charge in [0.15, 0.2) is 0 Å². The minimum Gasteiger partial charge on any atom is -0.406 e. The third-order valence-corrected chi connectivity index (χ3v) is 3.68. The van der Waals surface area contributed by atoms with Gasteiger partial charge >= 0.3 is 6.01 Å². The second-order valence-electron chi connectivity index (χ2n) is 5.55. The standard InChI is InChI=1S/C16H13N5O6/c22-12(6-3-10-1-4-11(5-2-10)21(25)26)17-16-19-18-13(27-16)9-20-14(23)7-8-15(20)24/h1-6H,7-9H2,(H,17,19,22). The Morgan fingerprint density at radius 1 is 1.22 bits per heavy atom. The number of nitro benzene ring substituents is 1. The number of aromatic nitrogens is 2. The molecule has 0 unspecified atom stereocenters. The van der Waals surface area contributed by atoms with Crippen LogP contribution in [-0.4, -0.2) is 37.7 Å². The first-order valence-corrected chi connectivity index (χ1v) is 7.81. The van der Waals surface area contributed by atoms with Crippen LogP contribution in [0.3, 0.4) is 0 Å². The Morgan fingerprint density at radius 3 is 2.52 bits per heavy atom. The Hall–Kier alpha value is -3.89. The normalized spacial score (nSPS) is 14.1. The number of nitro groups is 1. The fourth-order valence-electron chi connectivity index (χ4n) is 2.33. The lowest BCUT2D eigenvalue weighted by atomic mass is 10.2. The molecule has 0 radical (unpaired) electrons. The smallest absolute Gasteiger partial charge is 0.322 e. The number of anilines is 1. The Kier molecular flexibility index (Phi) is 5.01. The van der Waals surface area contributed by atoms with Gasteiger partial charge in [-0.25, -0.2) is 0 Å². The molecule has 1 aliphatic heterocycles. The third kappa shape index (κ3) is 4.39. The van der Waals surface area contributed by atoms with Gasteiger partial charge in [0, 0.05) is 31.1 Å². The van der Waals surface area contributed by atoms with Gasteiger partial charge < -0.3 is 4.42 Å². The number of amides is 3. The number of hydrogen-bond acceptors (Lipinski definition) is 8. The summed E-state index contributed by atoms with van der Waals surface area (Å²) in [5.74, 6) is -1.16. The quantitative estimate of drug-likeness (QED) is 0.345. The van der Waals surface area contributed by atoms with E-state index in [-0.39, 0.29) is 48.8 Å². The first-order chi connectivity index (χ1) is 12.9. The highest BCUT2D eigenvalue weighted by molar-refractivity contribution is 6.02. The molecule has 1 aromatic carbocycles. The molecule has 27 heavy (non-hydrogen) atoms. The minimum atomic E-state index is -0.558. The maximum atomic E-state index is 11.9. The molecule has 3 amide bonds. The van der Waals surface area contributed by atoms with Crippen molar-refractivity contribution < 1.29 is 23.7 Å². The van der Waals surface area contributed by atoms with E-state index in [1.165, 1.54) is 36.4 Å². The summed E-state index contributed by atoms with van der Waals surface area (Å²) in [6.07, 6.45) is 2.96. The molecular weight excluding hydrogens is 358 g/mol. The van der Waals surface area contributed by atoms with E-state index in [2.05, 4.69) is 15.5 Å². The minimum absolute atomic E-state index is 0.0215. The van der Waals surface area contributed by atoms with Gasteiger partial charge in [0.05, 0.1) is 4.92 Å². The zero-order valence-corrected chi connectivity index (χ0v) is 13.8. The van der Waals surface area contributed by atoms with Crippen molar-refractivity contribution in [3.63, 3.8) is 0 Å². The average Bonchev–Trinajstić information content (AvgIpc) is 3.21. The lowest BCUT2D eigenvalue weighted by molar-refractivity contribution is -0.384. The summed E-state index contributed by atoms with van der Waals surface area (Å²) < 4.78 is 5.20. The van der Waals surface area contributed by atoms with Gasteiger partial charge in [-0.15, -0.1) is 5.10 Å². The number of hydrogen-bond donors (Lipinski definition) is 1. The SMILES string of the molecule is O=C(C=Cc1ccc([N+](=O)[O-])cc1)Nc1nnc(CN2C(=O)CCC2=O)o1. The van der Waals surface area contributed by atoms with Crippen LogP contribution in [0.2, 0.25) is 0 Å². The molecule has 2 aromatic rings. The van der Waals surface area contributed by atoms with Crippen molar-refractivity contribution in [2.75, 3.05) is 5.32 Å². The van der Waals surface area contributed by atoms with Crippen molar-refractivity contribution in [2.24, 2.45) is 0 Å². The monoisotopic (exact) mass is 371 g/mol. The number of benzene rings is 1. The molecule has 1 saturated heterocycles. The number of non-ortho nitro benzene ring substituents is 1. The molecule has 1 N–H and O–H groups in total. The third-order valence-electron chi connectivity index (χ3n) is 3.68. The fraction of sp³-hybridized carbons (Fsp3) is 0.188. The van der Waals surface area contributed by atoms with Crippen LogP contribution in [0.4, 0.5) is 11.7 Å². The first kappa shape index (κ1) is 17.9. The molecule has 11 heteroatoms. The summed E-state index contributed by atoms with van der Waals surface area (Å²) in [6, 6.07) is 5.46. The molecular formula is C16H13N5O6. The highest BCUT2D eigenvalue weighted by Crippen LogP contribution is 2.16. The topological polar surface area (TPSA) is 149 Å². The predicted molar refractivity (Wildman–Crippen MR) is 89.8 cm³/mol. The van der Waals surface area contributed by atoms with E-state index >= 15 is 0 Å². The maximum Gasteiger partial charge on any atom is 0.322 e. The van der Waals surface area contributed by atoms with Crippen LogP contribution in [-0.2, 0) is 20.9 Å². The van der Waals surface area contributed by atoms with Crippen molar-refractivity contribution in [1.29, 1.82) is 0 Å². The van der Waals surface area contributed by atoms with Crippen molar-refractivity contribution in [3.8, 4) is 0 Å². The molecule has 0 bridgehead atoms. The summed E-state index contributed by atoms with van der Waals surface area (Å²) in [5.41, 5.74) is 0.540. The predicted octanol–water partition coefficient (Wildman–Crippen LogP) is 1.28. The highest BCUT2D eigenvalue weighted by atomic mass is 16.6. The molecule has 2 heterocycles. The average molecular weight is 371 g/mol. The molecule has 1 aliphatic rings. The van der Waals surface area contributed by atoms with E-state index in [4.69, 9.17) is 4.42 Å². The molecule has 0 aliphatic carbocycles. The Morgan fingerprint density at radius 2 is 1.89 bits per heavy atom. The van der Waals surface area contributed by atoms with Crippen LogP contribution in [0, 0.1) is 10.1 Å². The Labute approximate surface area is 151 Å². The number of nitrogens with zero attached hydrogens (tertiary/aromatic N) is 4. The number of imide groups is 1. The van der Waals surface area contributed by atoms with Crippen LogP contribution in [0.5, 0.6) is 0 Å². The molecule has 1 fully saturated rings. The first-order valence-electron chi connectivity index (χ1n) is 7.81. The van der Waals surface area contributed by atoms with E-state index in [0.717, 1.165) is 4.90 Å².